The van der Waals surface area contributed by atoms with Crippen molar-refractivity contribution in [2.45, 2.75) is 32.6 Å². The Morgan fingerprint density at radius 2 is 1.77 bits per heavy atom. The fraction of sp³-hybridized carbons (Fsp3) is 0.250. The summed E-state index contributed by atoms with van der Waals surface area (Å²) in [5.74, 6) is 4.53. The van der Waals surface area contributed by atoms with Gasteiger partial charge in [0.25, 0.3) is 0 Å². The lowest BCUT2D eigenvalue weighted by Crippen LogP contribution is -2.52. The molecule has 4 rings (SSSR count). The number of halogens is 4. The van der Waals surface area contributed by atoms with Crippen molar-refractivity contribution in [2.24, 2.45) is 4.99 Å². The van der Waals surface area contributed by atoms with Crippen molar-refractivity contribution in [1.29, 1.82) is 0 Å². The summed E-state index contributed by atoms with van der Waals surface area (Å²) in [4.78, 5) is 19.8. The first-order valence-electron chi connectivity index (χ1n) is 10.3. The Labute approximate surface area is 202 Å². The highest BCUT2D eigenvalue weighted by atomic mass is 32.1. The van der Waals surface area contributed by atoms with Gasteiger partial charge in [-0.05, 0) is 31.5 Å². The molecule has 0 saturated carbocycles. The molecular weight excluding hydrogens is 486 g/mol. The molecule has 2 aromatic carbocycles. The van der Waals surface area contributed by atoms with Crippen molar-refractivity contribution < 1.29 is 31.8 Å². The minimum atomic E-state index is -4.84. The molecule has 0 atom stereocenters. The number of urea groups is 1. The van der Waals surface area contributed by atoms with Crippen molar-refractivity contribution in [1.82, 2.24) is 9.47 Å². The van der Waals surface area contributed by atoms with Crippen molar-refractivity contribution >= 4 is 17.4 Å². The second kappa shape index (κ2) is 9.46. The number of hydrogen-bond acceptors (Lipinski definition) is 4. The van der Waals surface area contributed by atoms with Crippen molar-refractivity contribution in [3.8, 4) is 29.0 Å². The van der Waals surface area contributed by atoms with Gasteiger partial charge in [0.15, 0.2) is 16.3 Å². The van der Waals surface area contributed by atoms with Crippen LogP contribution in [-0.4, -0.2) is 34.3 Å². The summed E-state index contributed by atoms with van der Waals surface area (Å²) in [6.45, 7) is 3.89. The van der Waals surface area contributed by atoms with Gasteiger partial charge in [-0.2, -0.15) is 22.6 Å². The molecule has 11 heteroatoms. The molecule has 2 amide bonds. The molecule has 0 radical (unpaired) electrons. The molecule has 0 spiro atoms. The lowest BCUT2D eigenvalue weighted by molar-refractivity contribution is -0.391. The fourth-order valence-electron chi connectivity index (χ4n) is 3.25. The highest BCUT2D eigenvalue weighted by Gasteiger charge is 2.65. The first kappa shape index (κ1) is 24.3. The largest absolute Gasteiger partial charge is 0.507 e. The molecule has 0 unspecified atom stereocenters. The zero-order chi connectivity index (χ0) is 25.2. The third kappa shape index (κ3) is 5.17. The van der Waals surface area contributed by atoms with Crippen molar-refractivity contribution in [2.75, 3.05) is 6.54 Å². The van der Waals surface area contributed by atoms with E-state index in [9.17, 15) is 22.4 Å². The quantitative estimate of drug-likeness (QED) is 0.355. The molecule has 0 saturated heterocycles. The average molecular weight is 505 g/mol. The number of rotatable bonds is 4. The Bertz CT molecular complexity index is 1370. The number of ether oxygens (including phenoxy) is 2. The molecule has 0 aliphatic carbocycles. The van der Waals surface area contributed by atoms with Gasteiger partial charge in [0, 0.05) is 23.7 Å². The predicted molar refractivity (Wildman–Crippen MR) is 121 cm³/mol. The van der Waals surface area contributed by atoms with E-state index < -0.39 is 29.7 Å². The van der Waals surface area contributed by atoms with Gasteiger partial charge < -0.3 is 14.4 Å². The van der Waals surface area contributed by atoms with Crippen molar-refractivity contribution in [3.05, 3.63) is 70.0 Å². The molecule has 3 aromatic rings. The van der Waals surface area contributed by atoms with Crippen LogP contribution < -0.4 is 14.3 Å². The van der Waals surface area contributed by atoms with E-state index in [0.29, 0.717) is 0 Å². The first-order chi connectivity index (χ1) is 16.6. The SMILES string of the molecule is CC#CCN(Cc1ccccc1)C(=O)N=c1sc(C)cn1-c1ccc2c(c1)OC(F)(F)C(F)(F)O2. The molecule has 0 N–H and O–H groups in total. The standard InChI is InChI=1S/C24H19F4N3O3S/c1-3-4-12-30(15-17-8-6-5-7-9-17)21(32)29-22-31(14-16(2)35-22)18-10-11-19-20(13-18)34-24(27,28)23(25,26)33-19/h5-11,13-14H,12,15H2,1-2H3. The smallest absolute Gasteiger partial charge is 0.421 e. The number of thiazole rings is 1. The number of amides is 2. The second-order valence-electron chi connectivity index (χ2n) is 7.53. The highest BCUT2D eigenvalue weighted by molar-refractivity contribution is 7.09. The van der Waals surface area contributed by atoms with E-state index in [1.54, 1.807) is 20.0 Å². The normalized spacial score (nSPS) is 15.8. The van der Waals surface area contributed by atoms with Gasteiger partial charge in [0.2, 0.25) is 0 Å². The molecule has 0 bridgehead atoms. The van der Waals surface area contributed by atoms with Gasteiger partial charge in [0.05, 0.1) is 12.2 Å². The van der Waals surface area contributed by atoms with Crippen LogP contribution in [0.4, 0.5) is 22.4 Å². The third-order valence-corrected chi connectivity index (χ3v) is 5.81. The van der Waals surface area contributed by atoms with E-state index in [4.69, 9.17) is 0 Å². The van der Waals surface area contributed by atoms with Crippen LogP contribution in [0.25, 0.3) is 5.69 Å². The molecule has 1 aromatic heterocycles. The van der Waals surface area contributed by atoms with Gasteiger partial charge in [-0.15, -0.1) is 17.3 Å². The Hall–Kier alpha value is -3.78. The number of carbonyl (C=O) groups excluding carboxylic acids is 1. The fourth-order valence-corrected chi connectivity index (χ4v) is 4.07. The minimum absolute atomic E-state index is 0.158. The number of alkyl halides is 4. The molecule has 2 heterocycles. The number of aromatic nitrogens is 1. The van der Waals surface area contributed by atoms with E-state index >= 15 is 0 Å². The lowest BCUT2D eigenvalue weighted by atomic mass is 10.2. The van der Waals surface area contributed by atoms with E-state index in [1.165, 1.54) is 26.9 Å². The summed E-state index contributed by atoms with van der Waals surface area (Å²) >= 11 is 1.19. The summed E-state index contributed by atoms with van der Waals surface area (Å²) in [7, 11) is 0. The van der Waals surface area contributed by atoms with Crippen LogP contribution in [-0.2, 0) is 6.54 Å². The Kier molecular flexibility index (Phi) is 6.58. The number of fused-ring (bicyclic) bond motifs is 1. The minimum Gasteiger partial charge on any atom is -0.421 e. The van der Waals surface area contributed by atoms with Crippen LogP contribution in [0, 0.1) is 18.8 Å². The van der Waals surface area contributed by atoms with E-state index in [2.05, 4.69) is 26.3 Å². The maximum atomic E-state index is 13.6. The summed E-state index contributed by atoms with van der Waals surface area (Å²) in [5, 5.41) is 0. The highest BCUT2D eigenvalue weighted by Crippen LogP contribution is 2.47. The van der Waals surface area contributed by atoms with Crippen LogP contribution in [0.3, 0.4) is 0 Å². The number of carbonyl (C=O) groups is 1. The Morgan fingerprint density at radius 3 is 2.46 bits per heavy atom. The van der Waals surface area contributed by atoms with E-state index in [0.717, 1.165) is 22.6 Å². The third-order valence-electron chi connectivity index (χ3n) is 4.91. The number of hydrogen-bond donors (Lipinski definition) is 0. The maximum absolute atomic E-state index is 13.6. The van der Waals surface area contributed by atoms with Crippen molar-refractivity contribution in [3.63, 3.8) is 0 Å². The van der Waals surface area contributed by atoms with Gasteiger partial charge in [-0.3, -0.25) is 4.57 Å². The molecule has 0 fully saturated rings. The summed E-state index contributed by atoms with van der Waals surface area (Å²) < 4.78 is 64.0. The molecule has 35 heavy (non-hydrogen) atoms. The molecule has 1 aliphatic rings. The predicted octanol–water partition coefficient (Wildman–Crippen LogP) is 5.35. The number of aryl methyl sites for hydroxylation is 1. The van der Waals surface area contributed by atoms with E-state index in [1.807, 2.05) is 30.3 Å². The Balaban J connectivity index is 1.69. The number of nitrogens with zero attached hydrogens (tertiary/aromatic N) is 3. The van der Waals surface area contributed by atoms with Gasteiger partial charge in [0.1, 0.15) is 0 Å². The lowest BCUT2D eigenvalue weighted by Gasteiger charge is -2.31. The Morgan fingerprint density at radius 1 is 1.09 bits per heavy atom. The second-order valence-corrected chi connectivity index (χ2v) is 8.74. The van der Waals surface area contributed by atoms with Crippen LogP contribution in [0.1, 0.15) is 17.4 Å². The summed E-state index contributed by atoms with van der Waals surface area (Å²) in [6, 6.07) is 12.4. The van der Waals surface area contributed by atoms with Crippen LogP contribution in [0.15, 0.2) is 59.7 Å². The first-order valence-corrected chi connectivity index (χ1v) is 11.2. The van der Waals surface area contributed by atoms with Gasteiger partial charge in [-0.25, -0.2) is 4.79 Å². The zero-order valence-electron chi connectivity index (χ0n) is 18.6. The maximum Gasteiger partial charge on any atom is 0.507 e. The average Bonchev–Trinajstić information content (AvgIpc) is 3.17. The van der Waals surface area contributed by atoms with Crippen LogP contribution in [0.5, 0.6) is 11.5 Å². The van der Waals surface area contributed by atoms with Gasteiger partial charge >= 0.3 is 18.2 Å². The molecule has 182 valence electrons. The van der Waals surface area contributed by atoms with Crippen LogP contribution in [0.2, 0.25) is 0 Å². The molecule has 6 nitrogen and oxygen atoms in total. The number of benzene rings is 2. The van der Waals surface area contributed by atoms with E-state index in [-0.39, 0.29) is 23.6 Å². The van der Waals surface area contributed by atoms with Crippen LogP contribution >= 0.6 is 11.3 Å². The molecular formula is C24H19F4N3O3S. The zero-order valence-corrected chi connectivity index (χ0v) is 19.4. The molecule has 1 aliphatic heterocycles. The van der Waals surface area contributed by atoms with Gasteiger partial charge in [-0.1, -0.05) is 36.3 Å². The monoisotopic (exact) mass is 505 g/mol. The summed E-state index contributed by atoms with van der Waals surface area (Å²) in [6.07, 6.45) is -8.00. The topological polar surface area (TPSA) is 56.1 Å². The summed E-state index contributed by atoms with van der Waals surface area (Å²) in [5.41, 5.74) is 1.17.